The van der Waals surface area contributed by atoms with E-state index in [0.29, 0.717) is 11.1 Å². The Morgan fingerprint density at radius 1 is 1.00 bits per heavy atom. The smallest absolute Gasteiger partial charge is 0.387 e. The normalized spacial score (nSPS) is 10.7. The molecule has 0 saturated carbocycles. The topological polar surface area (TPSA) is 26.3 Å². The minimum atomic E-state index is -2.90. The molecule has 2 aromatic rings. The number of rotatable bonds is 4. The molecule has 0 radical (unpaired) electrons. The molecule has 0 fully saturated rings. The summed E-state index contributed by atoms with van der Waals surface area (Å²) in [7, 11) is 0. The maximum Gasteiger partial charge on any atom is 0.387 e. The van der Waals surface area contributed by atoms with Gasteiger partial charge >= 0.3 is 6.61 Å². The van der Waals surface area contributed by atoms with Crippen molar-refractivity contribution in [2.45, 2.75) is 20.5 Å². The van der Waals surface area contributed by atoms with Gasteiger partial charge in [0.1, 0.15) is 5.75 Å². The molecule has 0 N–H and O–H groups in total. The Bertz CT molecular complexity index is 616. The molecule has 0 saturated heterocycles. The zero-order valence-electron chi connectivity index (χ0n) is 11.2. The number of hydrogen-bond acceptors (Lipinski definition) is 2. The first kappa shape index (κ1) is 14.2. The van der Waals surface area contributed by atoms with Crippen LogP contribution < -0.4 is 4.74 Å². The summed E-state index contributed by atoms with van der Waals surface area (Å²) in [5, 5.41) is 0. The third kappa shape index (κ3) is 3.41. The van der Waals surface area contributed by atoms with Crippen molar-refractivity contribution >= 4 is 5.78 Å². The first-order valence-corrected chi connectivity index (χ1v) is 6.13. The predicted octanol–water partition coefficient (Wildman–Crippen LogP) is 4.14. The summed E-state index contributed by atoms with van der Waals surface area (Å²) in [5.41, 5.74) is 2.83. The van der Waals surface area contributed by atoms with E-state index in [0.717, 1.165) is 11.1 Å². The van der Waals surface area contributed by atoms with Crippen LogP contribution in [0.1, 0.15) is 27.0 Å². The molecule has 4 heteroatoms. The minimum absolute atomic E-state index is 0.0183. The average Bonchev–Trinajstić information content (AvgIpc) is 2.36. The van der Waals surface area contributed by atoms with E-state index in [9.17, 15) is 13.6 Å². The Hall–Kier alpha value is -2.23. The molecule has 0 unspecified atom stereocenters. The average molecular weight is 276 g/mol. The van der Waals surface area contributed by atoms with Crippen molar-refractivity contribution in [2.24, 2.45) is 0 Å². The number of aryl methyl sites for hydroxylation is 2. The summed E-state index contributed by atoms with van der Waals surface area (Å²) in [4.78, 5) is 12.3. The fourth-order valence-electron chi connectivity index (χ4n) is 2.09. The van der Waals surface area contributed by atoms with E-state index in [4.69, 9.17) is 0 Å². The van der Waals surface area contributed by atoms with Gasteiger partial charge in [-0.15, -0.1) is 0 Å². The van der Waals surface area contributed by atoms with Crippen molar-refractivity contribution in [3.8, 4) is 5.75 Å². The molecule has 0 bridgehead atoms. The van der Waals surface area contributed by atoms with Gasteiger partial charge in [-0.05, 0) is 38.1 Å². The van der Waals surface area contributed by atoms with Crippen molar-refractivity contribution in [3.63, 3.8) is 0 Å². The predicted molar refractivity (Wildman–Crippen MR) is 72.4 cm³/mol. The van der Waals surface area contributed by atoms with Crippen molar-refractivity contribution < 1.29 is 18.3 Å². The monoisotopic (exact) mass is 276 g/mol. The summed E-state index contributed by atoms with van der Waals surface area (Å²) in [6, 6.07) is 11.3. The van der Waals surface area contributed by atoms with Gasteiger partial charge in [-0.25, -0.2) is 0 Å². The molecule has 0 amide bonds. The summed E-state index contributed by atoms with van der Waals surface area (Å²) in [6.45, 7) is 0.904. The number of benzene rings is 2. The Balaban J connectivity index is 2.33. The molecule has 0 atom stereocenters. The van der Waals surface area contributed by atoms with E-state index in [2.05, 4.69) is 4.74 Å². The van der Waals surface area contributed by atoms with Gasteiger partial charge in [-0.1, -0.05) is 29.3 Å². The standard InChI is InChI=1S/C16H14F2O2/c1-10-6-11(2)8-13(7-10)15(19)12-4-3-5-14(9-12)20-16(17)18/h3-9,16H,1-2H3. The van der Waals surface area contributed by atoms with E-state index < -0.39 is 6.61 Å². The molecule has 0 heterocycles. The quantitative estimate of drug-likeness (QED) is 0.785. The lowest BCUT2D eigenvalue weighted by molar-refractivity contribution is -0.0498. The van der Waals surface area contributed by atoms with Crippen molar-refractivity contribution in [1.29, 1.82) is 0 Å². The van der Waals surface area contributed by atoms with E-state index in [1.165, 1.54) is 18.2 Å². The van der Waals surface area contributed by atoms with Gasteiger partial charge in [0.2, 0.25) is 0 Å². The zero-order valence-corrected chi connectivity index (χ0v) is 11.2. The largest absolute Gasteiger partial charge is 0.435 e. The van der Waals surface area contributed by atoms with Crippen LogP contribution in [0.5, 0.6) is 5.75 Å². The molecule has 2 aromatic carbocycles. The zero-order chi connectivity index (χ0) is 14.7. The highest BCUT2D eigenvalue weighted by atomic mass is 19.3. The fraction of sp³-hybridized carbons (Fsp3) is 0.188. The van der Waals surface area contributed by atoms with Gasteiger partial charge in [0.05, 0.1) is 0 Å². The lowest BCUT2D eigenvalue weighted by Gasteiger charge is -2.07. The first-order chi connectivity index (χ1) is 9.45. The minimum Gasteiger partial charge on any atom is -0.435 e. The van der Waals surface area contributed by atoms with Crippen molar-refractivity contribution in [2.75, 3.05) is 0 Å². The van der Waals surface area contributed by atoms with Crippen LogP contribution in [-0.4, -0.2) is 12.4 Å². The van der Waals surface area contributed by atoms with Crippen LogP contribution in [0.4, 0.5) is 8.78 Å². The van der Waals surface area contributed by atoms with E-state index in [-0.39, 0.29) is 11.5 Å². The van der Waals surface area contributed by atoms with Crippen LogP contribution in [0, 0.1) is 13.8 Å². The van der Waals surface area contributed by atoms with Gasteiger partial charge in [0.15, 0.2) is 5.78 Å². The van der Waals surface area contributed by atoms with Crippen molar-refractivity contribution in [3.05, 3.63) is 64.7 Å². The molecule has 20 heavy (non-hydrogen) atoms. The van der Waals surface area contributed by atoms with Gasteiger partial charge in [0, 0.05) is 11.1 Å². The lowest BCUT2D eigenvalue weighted by atomic mass is 9.99. The molecule has 104 valence electrons. The van der Waals surface area contributed by atoms with Gasteiger partial charge in [-0.3, -0.25) is 4.79 Å². The molecule has 0 aliphatic heterocycles. The summed E-state index contributed by atoms with van der Waals surface area (Å²) in [5.74, 6) is -0.230. The second-order valence-corrected chi connectivity index (χ2v) is 4.61. The Labute approximate surface area is 116 Å². The molecule has 0 aliphatic rings. The lowest BCUT2D eigenvalue weighted by Crippen LogP contribution is -2.05. The van der Waals surface area contributed by atoms with E-state index in [1.54, 1.807) is 18.2 Å². The number of carbonyl (C=O) groups is 1. The van der Waals surface area contributed by atoms with E-state index in [1.807, 2.05) is 19.9 Å². The van der Waals surface area contributed by atoms with E-state index >= 15 is 0 Å². The number of alkyl halides is 2. The highest BCUT2D eigenvalue weighted by Crippen LogP contribution is 2.19. The maximum absolute atomic E-state index is 12.3. The van der Waals surface area contributed by atoms with Gasteiger partial charge in [0.25, 0.3) is 0 Å². The molecule has 2 nitrogen and oxygen atoms in total. The highest BCUT2D eigenvalue weighted by molar-refractivity contribution is 6.09. The van der Waals surface area contributed by atoms with Crippen LogP contribution in [0.2, 0.25) is 0 Å². The summed E-state index contributed by atoms with van der Waals surface area (Å²) in [6.07, 6.45) is 0. The SMILES string of the molecule is Cc1cc(C)cc(C(=O)c2cccc(OC(F)F)c2)c1. The van der Waals surface area contributed by atoms with Gasteiger partial charge < -0.3 is 4.74 Å². The number of halogens is 2. The second kappa shape index (κ2) is 5.82. The number of hydrogen-bond donors (Lipinski definition) is 0. The Morgan fingerprint density at radius 3 is 2.25 bits per heavy atom. The Kier molecular flexibility index (Phi) is 4.13. The number of carbonyl (C=O) groups excluding carboxylic acids is 1. The second-order valence-electron chi connectivity index (χ2n) is 4.61. The van der Waals surface area contributed by atoms with Crippen LogP contribution in [0.25, 0.3) is 0 Å². The van der Waals surface area contributed by atoms with Crippen LogP contribution in [0.3, 0.4) is 0 Å². The Morgan fingerprint density at radius 2 is 1.65 bits per heavy atom. The molecule has 0 aliphatic carbocycles. The third-order valence-corrected chi connectivity index (χ3v) is 2.81. The van der Waals surface area contributed by atoms with Crippen LogP contribution in [0.15, 0.2) is 42.5 Å². The maximum atomic E-state index is 12.3. The fourth-order valence-corrected chi connectivity index (χ4v) is 2.09. The van der Waals surface area contributed by atoms with Crippen molar-refractivity contribution in [1.82, 2.24) is 0 Å². The number of ether oxygens (including phenoxy) is 1. The summed E-state index contributed by atoms with van der Waals surface area (Å²) < 4.78 is 28.7. The molecule has 0 spiro atoms. The number of ketones is 1. The van der Waals surface area contributed by atoms with Crippen LogP contribution in [-0.2, 0) is 0 Å². The van der Waals surface area contributed by atoms with Gasteiger partial charge in [-0.2, -0.15) is 8.78 Å². The third-order valence-electron chi connectivity index (χ3n) is 2.81. The van der Waals surface area contributed by atoms with Crippen LogP contribution >= 0.6 is 0 Å². The highest BCUT2D eigenvalue weighted by Gasteiger charge is 2.12. The first-order valence-electron chi connectivity index (χ1n) is 6.13. The summed E-state index contributed by atoms with van der Waals surface area (Å²) >= 11 is 0. The molecule has 2 rings (SSSR count). The molecular weight excluding hydrogens is 262 g/mol. The molecule has 0 aromatic heterocycles. The molecular formula is C16H14F2O2.